The Morgan fingerprint density at radius 3 is 1.17 bits per heavy atom. The van der Waals surface area contributed by atoms with Gasteiger partial charge in [-0.1, -0.05) is 132 Å². The van der Waals surface area contributed by atoms with E-state index in [9.17, 15) is 0 Å². The van der Waals surface area contributed by atoms with E-state index in [1.165, 1.54) is 44.5 Å². The van der Waals surface area contributed by atoms with Gasteiger partial charge in [0.25, 0.3) is 0 Å². The molecule has 0 fully saturated rings. The minimum absolute atomic E-state index is 1.21. The smallest absolute Gasteiger partial charge is 0.0105 e. The zero-order valence-corrected chi connectivity index (χ0v) is 17.5. The maximum absolute atomic E-state index is 2.21. The topological polar surface area (TPSA) is 0 Å². The molecule has 0 heteroatoms. The fourth-order valence-corrected chi connectivity index (χ4v) is 3.50. The van der Waals surface area contributed by atoms with Gasteiger partial charge < -0.3 is 0 Å². The molecule has 4 rings (SSSR count). The minimum atomic E-state index is 1.21. The Balaban J connectivity index is 1.68. The van der Waals surface area contributed by atoms with Gasteiger partial charge in [0.15, 0.2) is 0 Å². The fourth-order valence-electron chi connectivity index (χ4n) is 3.50. The van der Waals surface area contributed by atoms with Crippen molar-refractivity contribution in [1.82, 2.24) is 0 Å². The quantitative estimate of drug-likeness (QED) is 0.302. The molecule has 0 unspecified atom stereocenters. The van der Waals surface area contributed by atoms with Crippen molar-refractivity contribution in [2.24, 2.45) is 0 Å². The third kappa shape index (κ3) is 4.85. The predicted octanol–water partition coefficient (Wildman–Crippen LogP) is 8.31. The lowest BCUT2D eigenvalue weighted by Crippen LogP contribution is -1.87. The highest BCUT2D eigenvalue weighted by atomic mass is 14.1. The van der Waals surface area contributed by atoms with Crippen molar-refractivity contribution in [2.75, 3.05) is 0 Å². The molecule has 0 aromatic heterocycles. The van der Waals surface area contributed by atoms with E-state index in [0.29, 0.717) is 0 Å². The van der Waals surface area contributed by atoms with Gasteiger partial charge in [-0.3, -0.25) is 0 Å². The first kappa shape index (κ1) is 19.7. The molecule has 4 aromatic carbocycles. The van der Waals surface area contributed by atoms with Gasteiger partial charge in [0.05, 0.1) is 0 Å². The molecule has 146 valence electrons. The van der Waals surface area contributed by atoms with Crippen LogP contribution in [-0.4, -0.2) is 0 Å². The SMILES string of the molecule is Cc1ccc(/C=C\c2ccccc2-c2ccccc2/C=C/c2ccc(C)cc2)cc1. The van der Waals surface area contributed by atoms with Crippen LogP contribution in [0.2, 0.25) is 0 Å². The summed E-state index contributed by atoms with van der Waals surface area (Å²) in [5.41, 5.74) is 9.90. The minimum Gasteiger partial charge on any atom is -0.0616 e. The third-order valence-corrected chi connectivity index (χ3v) is 5.28. The molecule has 0 amide bonds. The van der Waals surface area contributed by atoms with E-state index < -0.39 is 0 Å². The molecule has 0 bridgehead atoms. The molecule has 0 saturated heterocycles. The Hall–Kier alpha value is -3.64. The molecular weight excluding hydrogens is 360 g/mol. The Morgan fingerprint density at radius 2 is 0.767 bits per heavy atom. The average molecular weight is 387 g/mol. The molecule has 0 nitrogen and oxygen atoms in total. The van der Waals surface area contributed by atoms with E-state index in [-0.39, 0.29) is 0 Å². The van der Waals surface area contributed by atoms with Crippen molar-refractivity contribution < 1.29 is 0 Å². The highest BCUT2D eigenvalue weighted by Crippen LogP contribution is 2.29. The second kappa shape index (κ2) is 9.24. The summed E-state index contributed by atoms with van der Waals surface area (Å²) in [7, 11) is 0. The van der Waals surface area contributed by atoms with Crippen molar-refractivity contribution in [2.45, 2.75) is 13.8 Å². The van der Waals surface area contributed by atoms with Crippen LogP contribution in [0.1, 0.15) is 33.4 Å². The Bertz CT molecular complexity index is 1080. The summed E-state index contributed by atoms with van der Waals surface area (Å²) in [4.78, 5) is 0. The van der Waals surface area contributed by atoms with Crippen LogP contribution in [0.4, 0.5) is 0 Å². The third-order valence-electron chi connectivity index (χ3n) is 5.28. The van der Waals surface area contributed by atoms with E-state index >= 15 is 0 Å². The first-order chi connectivity index (χ1) is 14.7. The monoisotopic (exact) mass is 386 g/mol. The molecule has 0 N–H and O–H groups in total. The van der Waals surface area contributed by atoms with Crippen molar-refractivity contribution in [3.05, 3.63) is 130 Å². The summed E-state index contributed by atoms with van der Waals surface area (Å²) in [5.74, 6) is 0. The number of rotatable bonds is 5. The molecule has 30 heavy (non-hydrogen) atoms. The maximum Gasteiger partial charge on any atom is -0.0105 e. The molecule has 4 aromatic rings. The summed E-state index contributed by atoms with van der Waals surface area (Å²) in [6, 6.07) is 34.4. The van der Waals surface area contributed by atoms with Crippen LogP contribution >= 0.6 is 0 Å². The second-order valence-corrected chi connectivity index (χ2v) is 7.66. The van der Waals surface area contributed by atoms with Crippen molar-refractivity contribution in [3.8, 4) is 11.1 Å². The average Bonchev–Trinajstić information content (AvgIpc) is 2.79. The molecule has 0 aliphatic heterocycles. The number of hydrogen-bond acceptors (Lipinski definition) is 0. The van der Waals surface area contributed by atoms with Crippen molar-refractivity contribution in [1.29, 1.82) is 0 Å². The molecule has 0 saturated carbocycles. The first-order valence-corrected chi connectivity index (χ1v) is 10.4. The lowest BCUT2D eigenvalue weighted by Gasteiger charge is -2.10. The Kier molecular flexibility index (Phi) is 6.06. The van der Waals surface area contributed by atoms with Gasteiger partial charge in [-0.25, -0.2) is 0 Å². The van der Waals surface area contributed by atoms with Crippen LogP contribution in [0.5, 0.6) is 0 Å². The summed E-state index contributed by atoms with van der Waals surface area (Å²) < 4.78 is 0. The lowest BCUT2D eigenvalue weighted by molar-refractivity contribution is 1.46. The first-order valence-electron chi connectivity index (χ1n) is 10.4. The van der Waals surface area contributed by atoms with E-state index in [0.717, 1.165) is 0 Å². The normalized spacial score (nSPS) is 11.4. The van der Waals surface area contributed by atoms with Gasteiger partial charge in [0, 0.05) is 0 Å². The van der Waals surface area contributed by atoms with Crippen LogP contribution in [0.15, 0.2) is 97.1 Å². The molecule has 0 aliphatic carbocycles. The van der Waals surface area contributed by atoms with Gasteiger partial charge in [0.2, 0.25) is 0 Å². The van der Waals surface area contributed by atoms with E-state index in [2.05, 4.69) is 135 Å². The zero-order valence-electron chi connectivity index (χ0n) is 17.5. The fraction of sp³-hybridized carbons (Fsp3) is 0.0667. The number of hydrogen-bond donors (Lipinski definition) is 0. The highest BCUT2D eigenvalue weighted by molar-refractivity contribution is 5.86. The van der Waals surface area contributed by atoms with Crippen molar-refractivity contribution >= 4 is 24.3 Å². The predicted molar refractivity (Wildman–Crippen MR) is 132 cm³/mol. The van der Waals surface area contributed by atoms with Crippen LogP contribution in [-0.2, 0) is 0 Å². The summed E-state index contributed by atoms with van der Waals surface area (Å²) in [6.45, 7) is 4.23. The van der Waals surface area contributed by atoms with Gasteiger partial charge in [-0.2, -0.15) is 0 Å². The van der Waals surface area contributed by atoms with Gasteiger partial charge in [-0.05, 0) is 47.2 Å². The van der Waals surface area contributed by atoms with Crippen LogP contribution in [0.3, 0.4) is 0 Å². The number of aryl methyl sites for hydroxylation is 2. The molecule has 0 radical (unpaired) electrons. The van der Waals surface area contributed by atoms with Crippen LogP contribution < -0.4 is 0 Å². The van der Waals surface area contributed by atoms with Gasteiger partial charge in [0.1, 0.15) is 0 Å². The van der Waals surface area contributed by atoms with E-state index in [1.807, 2.05) is 0 Å². The standard InChI is InChI=1S/C30H26/c1-23-11-15-25(16-12-23)19-21-27-7-3-5-9-29(27)30-10-6-4-8-28(30)22-20-26-17-13-24(2)14-18-26/h3-22H,1-2H3/b21-19-,22-20+. The largest absolute Gasteiger partial charge is 0.0616 e. The molecule has 0 heterocycles. The maximum atomic E-state index is 2.21. The van der Waals surface area contributed by atoms with Crippen molar-refractivity contribution in [3.63, 3.8) is 0 Å². The lowest BCUT2D eigenvalue weighted by atomic mass is 9.94. The summed E-state index contributed by atoms with van der Waals surface area (Å²) >= 11 is 0. The highest BCUT2D eigenvalue weighted by Gasteiger charge is 2.06. The van der Waals surface area contributed by atoms with E-state index in [4.69, 9.17) is 0 Å². The van der Waals surface area contributed by atoms with Crippen LogP contribution in [0.25, 0.3) is 35.4 Å². The molecular formula is C30H26. The molecule has 0 aliphatic rings. The van der Waals surface area contributed by atoms with Gasteiger partial charge in [-0.15, -0.1) is 0 Å². The Morgan fingerprint density at radius 1 is 0.400 bits per heavy atom. The molecule has 0 spiro atoms. The summed E-state index contributed by atoms with van der Waals surface area (Å²) in [5, 5.41) is 0. The summed E-state index contributed by atoms with van der Waals surface area (Å²) in [6.07, 6.45) is 8.78. The van der Waals surface area contributed by atoms with E-state index in [1.54, 1.807) is 0 Å². The Labute approximate surface area is 179 Å². The van der Waals surface area contributed by atoms with Gasteiger partial charge >= 0.3 is 0 Å². The zero-order chi connectivity index (χ0) is 20.8. The molecule has 0 atom stereocenters. The number of benzene rings is 4. The second-order valence-electron chi connectivity index (χ2n) is 7.66. The van der Waals surface area contributed by atoms with Crippen LogP contribution in [0, 0.1) is 13.8 Å².